The summed E-state index contributed by atoms with van der Waals surface area (Å²) >= 11 is 6.22. The van der Waals surface area contributed by atoms with Crippen LogP contribution in [0.5, 0.6) is 5.75 Å². The first-order valence-corrected chi connectivity index (χ1v) is 11.0. The van der Waals surface area contributed by atoms with Crippen molar-refractivity contribution in [2.24, 2.45) is 0 Å². The van der Waals surface area contributed by atoms with Crippen LogP contribution in [0.3, 0.4) is 0 Å². The molecule has 0 saturated carbocycles. The zero-order valence-corrected chi connectivity index (χ0v) is 19.2. The predicted molar refractivity (Wildman–Crippen MR) is 124 cm³/mol. The first kappa shape index (κ1) is 22.3. The first-order valence-electron chi connectivity index (χ1n) is 10.6. The Bertz CT molecular complexity index is 1090. The molecule has 0 spiro atoms. The van der Waals surface area contributed by atoms with Gasteiger partial charge in [-0.1, -0.05) is 17.7 Å². The van der Waals surface area contributed by atoms with Gasteiger partial charge in [-0.05, 0) is 51.0 Å². The summed E-state index contributed by atoms with van der Waals surface area (Å²) in [7, 11) is 1.58. The van der Waals surface area contributed by atoms with Gasteiger partial charge in [-0.3, -0.25) is 9.78 Å². The Labute approximate surface area is 192 Å². The van der Waals surface area contributed by atoms with Crippen molar-refractivity contribution in [1.29, 1.82) is 0 Å². The molecule has 4 rings (SSSR count). The summed E-state index contributed by atoms with van der Waals surface area (Å²) in [5, 5.41) is 3.55. The number of rotatable bonds is 7. The van der Waals surface area contributed by atoms with Gasteiger partial charge in [0.2, 0.25) is 5.91 Å². The molecule has 0 bridgehead atoms. The van der Waals surface area contributed by atoms with Gasteiger partial charge in [0.25, 0.3) is 0 Å². The second-order valence-electron chi connectivity index (χ2n) is 8.36. The number of carbonyl (C=O) groups excluding carboxylic acids is 1. The second kappa shape index (κ2) is 9.30. The summed E-state index contributed by atoms with van der Waals surface area (Å²) in [4.78, 5) is 25.5. The number of halogens is 1. The third kappa shape index (κ3) is 4.49. The van der Waals surface area contributed by atoms with Gasteiger partial charge in [0.05, 0.1) is 29.6 Å². The lowest BCUT2D eigenvalue weighted by Crippen LogP contribution is -2.43. The highest BCUT2D eigenvalue weighted by Gasteiger charge is 2.35. The third-order valence-corrected chi connectivity index (χ3v) is 6.08. The number of H-pyrrole nitrogens is 1. The molecule has 7 nitrogen and oxygen atoms in total. The predicted octanol–water partition coefficient (Wildman–Crippen LogP) is 4.37. The largest absolute Gasteiger partial charge is 0.495 e. The Kier molecular flexibility index (Phi) is 6.48. The molecule has 1 atom stereocenters. The third-order valence-electron chi connectivity index (χ3n) is 5.77. The van der Waals surface area contributed by atoms with Crippen LogP contribution in [0, 0.1) is 0 Å². The molecule has 1 unspecified atom stereocenters. The fourth-order valence-electron chi connectivity index (χ4n) is 3.75. The first-order chi connectivity index (χ1) is 15.4. The van der Waals surface area contributed by atoms with Crippen molar-refractivity contribution < 1.29 is 14.3 Å². The van der Waals surface area contributed by atoms with E-state index in [0.717, 1.165) is 36.3 Å². The molecule has 1 aliphatic rings. The SMILES string of the molecule is COc1cc(-c2nc(C(C)(C)C(=O)NCC3CCCO3)[nH]c2-c2ccncc2)ccc1Cl. The summed E-state index contributed by atoms with van der Waals surface area (Å²) in [5.74, 6) is 1.02. The number of imidazole rings is 1. The van der Waals surface area contributed by atoms with Crippen molar-refractivity contribution in [1.82, 2.24) is 20.3 Å². The van der Waals surface area contributed by atoms with Gasteiger partial charge in [0.1, 0.15) is 17.0 Å². The highest BCUT2D eigenvalue weighted by molar-refractivity contribution is 6.32. The number of aromatic amines is 1. The number of carbonyl (C=O) groups is 1. The van der Waals surface area contributed by atoms with Gasteiger partial charge >= 0.3 is 0 Å². The van der Waals surface area contributed by atoms with E-state index < -0.39 is 5.41 Å². The van der Waals surface area contributed by atoms with E-state index in [-0.39, 0.29) is 12.0 Å². The zero-order chi connectivity index (χ0) is 22.7. The summed E-state index contributed by atoms with van der Waals surface area (Å²) in [6.45, 7) is 4.98. The van der Waals surface area contributed by atoms with Crippen LogP contribution in [-0.2, 0) is 14.9 Å². The minimum absolute atomic E-state index is 0.0795. The van der Waals surface area contributed by atoms with Gasteiger partial charge in [0.15, 0.2) is 0 Å². The molecule has 1 fully saturated rings. The lowest BCUT2D eigenvalue weighted by molar-refractivity contribution is -0.126. The van der Waals surface area contributed by atoms with E-state index in [1.807, 2.05) is 38.1 Å². The highest BCUT2D eigenvalue weighted by Crippen LogP contribution is 2.36. The lowest BCUT2D eigenvalue weighted by Gasteiger charge is -2.22. The van der Waals surface area contributed by atoms with Crippen molar-refractivity contribution in [2.75, 3.05) is 20.3 Å². The summed E-state index contributed by atoms with van der Waals surface area (Å²) in [6.07, 6.45) is 5.53. The Morgan fingerprint density at radius 2 is 2.06 bits per heavy atom. The topological polar surface area (TPSA) is 89.1 Å². The highest BCUT2D eigenvalue weighted by atomic mass is 35.5. The molecule has 8 heteroatoms. The van der Waals surface area contributed by atoms with Gasteiger partial charge in [-0.15, -0.1) is 0 Å². The summed E-state index contributed by atoms with van der Waals surface area (Å²) in [5.41, 5.74) is 2.37. The molecule has 0 radical (unpaired) electrons. The average molecular weight is 455 g/mol. The van der Waals surface area contributed by atoms with E-state index in [4.69, 9.17) is 26.1 Å². The van der Waals surface area contributed by atoms with Crippen molar-refractivity contribution in [3.63, 3.8) is 0 Å². The molecular formula is C24H27ClN4O3. The fourth-order valence-corrected chi connectivity index (χ4v) is 3.95. The Hall–Kier alpha value is -2.90. The molecule has 32 heavy (non-hydrogen) atoms. The normalized spacial score (nSPS) is 16.2. The minimum atomic E-state index is -0.880. The number of hydrogen-bond acceptors (Lipinski definition) is 5. The standard InChI is InChI=1S/C24H27ClN4O3/c1-24(2,23(30)27-14-17-5-4-12-32-17)22-28-20(15-8-10-26-11-9-15)21(29-22)16-6-7-18(25)19(13-16)31-3/h6-11,13,17H,4-5,12,14H2,1-3H3,(H,27,30)(H,28,29). The van der Waals surface area contributed by atoms with Gasteiger partial charge in [-0.2, -0.15) is 0 Å². The number of benzene rings is 1. The zero-order valence-electron chi connectivity index (χ0n) is 18.4. The fraction of sp³-hybridized carbons (Fsp3) is 0.375. The number of hydrogen-bond donors (Lipinski definition) is 2. The van der Waals surface area contributed by atoms with E-state index in [1.54, 1.807) is 25.6 Å². The Morgan fingerprint density at radius 1 is 1.28 bits per heavy atom. The van der Waals surface area contributed by atoms with Gasteiger partial charge in [-0.25, -0.2) is 4.98 Å². The molecule has 1 saturated heterocycles. The molecule has 1 aromatic carbocycles. The van der Waals surface area contributed by atoms with E-state index in [2.05, 4.69) is 15.3 Å². The second-order valence-corrected chi connectivity index (χ2v) is 8.77. The summed E-state index contributed by atoms with van der Waals surface area (Å²) in [6, 6.07) is 9.31. The Balaban J connectivity index is 1.71. The number of methoxy groups -OCH3 is 1. The smallest absolute Gasteiger partial charge is 0.233 e. The molecular weight excluding hydrogens is 428 g/mol. The molecule has 0 aliphatic carbocycles. The molecule has 1 aliphatic heterocycles. The number of nitrogens with one attached hydrogen (secondary N) is 2. The number of amides is 1. The monoisotopic (exact) mass is 454 g/mol. The van der Waals surface area contributed by atoms with Crippen molar-refractivity contribution in [3.8, 4) is 28.3 Å². The quantitative estimate of drug-likeness (QED) is 0.553. The van der Waals surface area contributed by atoms with Gasteiger partial charge < -0.3 is 19.8 Å². The van der Waals surface area contributed by atoms with Crippen LogP contribution >= 0.6 is 11.6 Å². The van der Waals surface area contributed by atoms with Crippen molar-refractivity contribution in [2.45, 2.75) is 38.2 Å². The molecule has 3 heterocycles. The van der Waals surface area contributed by atoms with E-state index in [9.17, 15) is 4.79 Å². The van der Waals surface area contributed by atoms with E-state index in [1.165, 1.54) is 0 Å². The van der Waals surface area contributed by atoms with Crippen LogP contribution in [0.1, 0.15) is 32.5 Å². The maximum atomic E-state index is 13.1. The maximum Gasteiger partial charge on any atom is 0.233 e. The number of aromatic nitrogens is 3. The van der Waals surface area contributed by atoms with Crippen LogP contribution in [0.15, 0.2) is 42.7 Å². The molecule has 3 aromatic rings. The Morgan fingerprint density at radius 3 is 2.75 bits per heavy atom. The minimum Gasteiger partial charge on any atom is -0.495 e. The van der Waals surface area contributed by atoms with E-state index in [0.29, 0.717) is 28.8 Å². The molecule has 1 amide bonds. The lowest BCUT2D eigenvalue weighted by atomic mass is 9.91. The van der Waals surface area contributed by atoms with Crippen molar-refractivity contribution in [3.05, 3.63) is 53.6 Å². The van der Waals surface area contributed by atoms with Crippen LogP contribution < -0.4 is 10.1 Å². The van der Waals surface area contributed by atoms with Crippen LogP contribution in [-0.4, -0.2) is 47.2 Å². The number of nitrogens with zero attached hydrogens (tertiary/aromatic N) is 2. The molecule has 2 N–H and O–H groups in total. The average Bonchev–Trinajstić information content (AvgIpc) is 3.49. The summed E-state index contributed by atoms with van der Waals surface area (Å²) < 4.78 is 11.0. The maximum absolute atomic E-state index is 13.1. The number of ether oxygens (including phenoxy) is 2. The van der Waals surface area contributed by atoms with Gasteiger partial charge in [0, 0.05) is 36.7 Å². The molecule has 168 valence electrons. The van der Waals surface area contributed by atoms with Crippen molar-refractivity contribution >= 4 is 17.5 Å². The van der Waals surface area contributed by atoms with Crippen LogP contribution in [0.25, 0.3) is 22.5 Å². The van der Waals surface area contributed by atoms with E-state index >= 15 is 0 Å². The molecule has 2 aromatic heterocycles. The van der Waals surface area contributed by atoms with Crippen LogP contribution in [0.4, 0.5) is 0 Å². The number of pyridine rings is 1. The van der Waals surface area contributed by atoms with Crippen LogP contribution in [0.2, 0.25) is 5.02 Å².